The lowest BCUT2D eigenvalue weighted by Crippen LogP contribution is -2.62. The van der Waals surface area contributed by atoms with Gasteiger partial charge in [0.2, 0.25) is 0 Å². The highest BCUT2D eigenvalue weighted by molar-refractivity contribution is 8.09. The van der Waals surface area contributed by atoms with Gasteiger partial charge in [-0.25, -0.2) is 9.69 Å². The van der Waals surface area contributed by atoms with Crippen LogP contribution in [0.5, 0.6) is 0 Å². The molecule has 0 aliphatic carbocycles. The van der Waals surface area contributed by atoms with E-state index in [0.717, 1.165) is 9.81 Å². The summed E-state index contributed by atoms with van der Waals surface area (Å²) >= 11 is 1.31. The molecule has 2 aliphatic rings. The standard InChI is InChI=1S/C22H17N5O3S/c23-6-3-7-26-18-9-19(17-5-2-1-4-15(17)10-24)31-20(18)21(29)27(22(26)30)16-8-14(13-28)11-25-12-16/h1-2,4-5,8-9,11-12,18,20,28H,3,7,13H2. The van der Waals surface area contributed by atoms with Gasteiger partial charge in [0, 0.05) is 23.2 Å². The molecular formula is C22H17N5O3S. The van der Waals surface area contributed by atoms with Crippen molar-refractivity contribution in [3.8, 4) is 12.1 Å². The maximum Gasteiger partial charge on any atom is 0.332 e. The molecule has 2 aliphatic heterocycles. The molecule has 2 atom stereocenters. The summed E-state index contributed by atoms with van der Waals surface area (Å²) in [4.78, 5) is 34.0. The molecule has 2 aromatic rings. The molecule has 9 heteroatoms. The van der Waals surface area contributed by atoms with Gasteiger partial charge in [-0.1, -0.05) is 18.2 Å². The van der Waals surface area contributed by atoms with Crippen molar-refractivity contribution in [3.05, 3.63) is 65.5 Å². The van der Waals surface area contributed by atoms with E-state index in [1.165, 1.54) is 29.1 Å². The molecule has 0 bridgehead atoms. The summed E-state index contributed by atoms with van der Waals surface area (Å²) in [6.07, 6.45) is 4.81. The lowest BCUT2D eigenvalue weighted by Gasteiger charge is -2.40. The quantitative estimate of drug-likeness (QED) is 0.772. The number of anilines is 1. The Morgan fingerprint density at radius 1 is 1.19 bits per heavy atom. The predicted molar refractivity (Wildman–Crippen MR) is 114 cm³/mol. The normalized spacial score (nSPS) is 20.2. The molecule has 3 heterocycles. The number of urea groups is 1. The number of aromatic nitrogens is 1. The maximum absolute atomic E-state index is 13.4. The van der Waals surface area contributed by atoms with Crippen molar-refractivity contribution in [1.29, 1.82) is 10.5 Å². The molecule has 4 rings (SSSR count). The number of aliphatic hydroxyl groups excluding tert-OH is 1. The summed E-state index contributed by atoms with van der Waals surface area (Å²) in [6, 6.07) is 11.8. The lowest BCUT2D eigenvalue weighted by atomic mass is 10.0. The second-order valence-electron chi connectivity index (χ2n) is 6.98. The molecule has 3 amide bonds. The van der Waals surface area contributed by atoms with Gasteiger partial charge in [0.1, 0.15) is 5.25 Å². The van der Waals surface area contributed by atoms with E-state index in [1.807, 2.05) is 24.3 Å². The topological polar surface area (TPSA) is 121 Å². The zero-order valence-corrected chi connectivity index (χ0v) is 17.1. The number of carbonyl (C=O) groups excluding carboxylic acids is 2. The highest BCUT2D eigenvalue weighted by atomic mass is 32.2. The average Bonchev–Trinajstić information content (AvgIpc) is 3.24. The number of nitriles is 2. The number of nitrogens with zero attached hydrogens (tertiary/aromatic N) is 5. The molecule has 1 fully saturated rings. The van der Waals surface area contributed by atoms with Gasteiger partial charge in [0.05, 0.1) is 48.7 Å². The second kappa shape index (κ2) is 8.60. The molecule has 0 spiro atoms. The fourth-order valence-corrected chi connectivity index (χ4v) is 5.07. The third-order valence-electron chi connectivity index (χ3n) is 5.15. The largest absolute Gasteiger partial charge is 0.392 e. The van der Waals surface area contributed by atoms with Crippen LogP contribution in [-0.4, -0.2) is 44.8 Å². The number of pyridine rings is 1. The SMILES string of the molecule is N#CCCN1C(=O)N(c2cncc(CO)c2)C(=O)C2SC(c3ccccc3C#N)=CC21. The van der Waals surface area contributed by atoms with Crippen LogP contribution in [0, 0.1) is 22.7 Å². The Morgan fingerprint density at radius 2 is 2.00 bits per heavy atom. The Bertz CT molecular complexity index is 1170. The third-order valence-corrected chi connectivity index (χ3v) is 6.49. The minimum Gasteiger partial charge on any atom is -0.392 e. The van der Waals surface area contributed by atoms with Crippen LogP contribution in [0.2, 0.25) is 0 Å². The Hall–Kier alpha value is -3.66. The number of carbonyl (C=O) groups is 2. The minimum atomic E-state index is -0.615. The van der Waals surface area contributed by atoms with Gasteiger partial charge in [-0.2, -0.15) is 10.5 Å². The monoisotopic (exact) mass is 431 g/mol. The molecule has 1 saturated heterocycles. The number of imide groups is 1. The predicted octanol–water partition coefficient (Wildman–Crippen LogP) is 2.65. The van der Waals surface area contributed by atoms with E-state index in [1.54, 1.807) is 18.2 Å². The van der Waals surface area contributed by atoms with Gasteiger partial charge in [0.25, 0.3) is 5.91 Å². The first-order valence-corrected chi connectivity index (χ1v) is 10.4. The zero-order chi connectivity index (χ0) is 22.0. The molecule has 154 valence electrons. The van der Waals surface area contributed by atoms with Gasteiger partial charge < -0.3 is 10.0 Å². The second-order valence-corrected chi connectivity index (χ2v) is 8.17. The summed E-state index contributed by atoms with van der Waals surface area (Å²) < 4.78 is 0. The summed E-state index contributed by atoms with van der Waals surface area (Å²) in [5.41, 5.74) is 1.94. The van der Waals surface area contributed by atoms with Crippen LogP contribution in [0.1, 0.15) is 23.1 Å². The molecule has 0 saturated carbocycles. The Kier molecular flexibility index (Phi) is 5.72. The molecule has 0 radical (unpaired) electrons. The van der Waals surface area contributed by atoms with E-state index in [0.29, 0.717) is 16.7 Å². The lowest BCUT2D eigenvalue weighted by molar-refractivity contribution is -0.119. The van der Waals surface area contributed by atoms with Crippen LogP contribution >= 0.6 is 11.8 Å². The molecule has 1 aromatic heterocycles. The van der Waals surface area contributed by atoms with Crippen LogP contribution in [0.15, 0.2) is 48.8 Å². The Balaban J connectivity index is 1.75. The zero-order valence-electron chi connectivity index (χ0n) is 16.3. The molecule has 2 unspecified atom stereocenters. The Morgan fingerprint density at radius 3 is 2.74 bits per heavy atom. The van der Waals surface area contributed by atoms with Crippen LogP contribution < -0.4 is 4.90 Å². The molecule has 1 N–H and O–H groups in total. The Labute approximate surface area is 183 Å². The van der Waals surface area contributed by atoms with Crippen molar-refractivity contribution in [2.45, 2.75) is 24.3 Å². The fraction of sp³-hybridized carbons (Fsp3) is 0.227. The van der Waals surface area contributed by atoms with Crippen LogP contribution in [0.3, 0.4) is 0 Å². The fourth-order valence-electron chi connectivity index (χ4n) is 3.70. The van der Waals surface area contributed by atoms with Crippen molar-refractivity contribution in [2.75, 3.05) is 11.4 Å². The number of thioether (sulfide) groups is 1. The van der Waals surface area contributed by atoms with Crippen molar-refractivity contribution in [2.24, 2.45) is 0 Å². The van der Waals surface area contributed by atoms with E-state index in [4.69, 9.17) is 5.26 Å². The molecular weight excluding hydrogens is 414 g/mol. The minimum absolute atomic E-state index is 0.120. The van der Waals surface area contributed by atoms with E-state index in [9.17, 15) is 20.0 Å². The van der Waals surface area contributed by atoms with E-state index in [-0.39, 0.29) is 25.3 Å². The van der Waals surface area contributed by atoms with Crippen molar-refractivity contribution >= 4 is 34.3 Å². The van der Waals surface area contributed by atoms with Crippen LogP contribution in [0.4, 0.5) is 10.5 Å². The summed E-state index contributed by atoms with van der Waals surface area (Å²) in [5, 5.41) is 27.3. The van der Waals surface area contributed by atoms with E-state index in [2.05, 4.69) is 11.1 Å². The van der Waals surface area contributed by atoms with Gasteiger partial charge in [-0.3, -0.25) is 9.78 Å². The van der Waals surface area contributed by atoms with E-state index >= 15 is 0 Å². The van der Waals surface area contributed by atoms with Gasteiger partial charge >= 0.3 is 6.03 Å². The number of aliphatic hydroxyl groups is 1. The third kappa shape index (κ3) is 3.66. The highest BCUT2D eigenvalue weighted by Crippen LogP contribution is 2.45. The number of fused-ring (bicyclic) bond motifs is 1. The first-order valence-electron chi connectivity index (χ1n) is 9.53. The van der Waals surface area contributed by atoms with Gasteiger partial charge in [0.15, 0.2) is 0 Å². The summed E-state index contributed by atoms with van der Waals surface area (Å²) in [6.45, 7) is -0.107. The van der Waals surface area contributed by atoms with Crippen molar-refractivity contribution < 1.29 is 14.7 Å². The number of amides is 3. The highest BCUT2D eigenvalue weighted by Gasteiger charge is 2.49. The van der Waals surface area contributed by atoms with E-state index < -0.39 is 23.2 Å². The first-order chi connectivity index (χ1) is 15.1. The number of hydrogen-bond acceptors (Lipinski definition) is 7. The van der Waals surface area contributed by atoms with Crippen molar-refractivity contribution in [3.63, 3.8) is 0 Å². The molecule has 8 nitrogen and oxygen atoms in total. The average molecular weight is 431 g/mol. The first kappa shape index (κ1) is 20.6. The maximum atomic E-state index is 13.4. The number of hydrogen-bond donors (Lipinski definition) is 1. The van der Waals surface area contributed by atoms with Crippen LogP contribution in [0.25, 0.3) is 4.91 Å². The number of rotatable bonds is 5. The smallest absolute Gasteiger partial charge is 0.332 e. The van der Waals surface area contributed by atoms with Gasteiger partial charge in [-0.15, -0.1) is 11.8 Å². The van der Waals surface area contributed by atoms with Crippen LogP contribution in [-0.2, 0) is 11.4 Å². The summed E-state index contributed by atoms with van der Waals surface area (Å²) in [7, 11) is 0. The van der Waals surface area contributed by atoms with Crippen molar-refractivity contribution in [1.82, 2.24) is 9.88 Å². The van der Waals surface area contributed by atoms with Gasteiger partial charge in [-0.05, 0) is 23.8 Å². The molecule has 31 heavy (non-hydrogen) atoms. The number of benzene rings is 1. The molecule has 1 aromatic carbocycles. The summed E-state index contributed by atoms with van der Waals surface area (Å²) in [5.74, 6) is -0.397.